The Bertz CT molecular complexity index is 974. The maximum Gasteiger partial charge on any atom is 0.243 e. The van der Waals surface area contributed by atoms with Crippen molar-refractivity contribution in [2.24, 2.45) is 5.92 Å². The molecule has 1 atom stereocenters. The Morgan fingerprint density at radius 3 is 2.35 bits per heavy atom. The van der Waals surface area contributed by atoms with Crippen LogP contribution in [0.1, 0.15) is 32.3 Å². The van der Waals surface area contributed by atoms with Gasteiger partial charge in [0.2, 0.25) is 15.9 Å². The molecular formula is C23H30ClN3O3S. The summed E-state index contributed by atoms with van der Waals surface area (Å²) in [5, 5.41) is 3.46. The fourth-order valence-electron chi connectivity index (χ4n) is 3.88. The largest absolute Gasteiger partial charge is 0.372 e. The summed E-state index contributed by atoms with van der Waals surface area (Å²) in [4.78, 5) is 15.2. The van der Waals surface area contributed by atoms with Crippen LogP contribution in [0, 0.1) is 5.92 Å². The third kappa shape index (κ3) is 5.79. The maximum atomic E-state index is 12.9. The number of nitrogens with zero attached hydrogens (tertiary/aromatic N) is 2. The number of nitrogens with one attached hydrogen (secondary N) is 1. The summed E-state index contributed by atoms with van der Waals surface area (Å²) in [7, 11) is -3.64. The van der Waals surface area contributed by atoms with Gasteiger partial charge in [-0.05, 0) is 68.7 Å². The highest BCUT2D eigenvalue weighted by molar-refractivity contribution is 7.89. The van der Waals surface area contributed by atoms with Crippen molar-refractivity contribution >= 4 is 33.2 Å². The number of anilines is 1. The standard InChI is InChI=1S/C23H30ClN3O3S/c1-3-26(4-2)21-11-7-18(8-12-21)16-25-23(28)19-6-5-15-27(17-19)31(29,30)22-13-9-20(24)10-14-22/h7-14,19H,3-6,15-17H2,1-2H3,(H,25,28)/t19-/m1/s1. The molecule has 0 radical (unpaired) electrons. The third-order valence-corrected chi connectivity index (χ3v) is 7.87. The van der Waals surface area contributed by atoms with Crippen molar-refractivity contribution in [2.75, 3.05) is 31.1 Å². The first-order valence-electron chi connectivity index (χ1n) is 10.7. The van der Waals surface area contributed by atoms with Crippen molar-refractivity contribution in [3.63, 3.8) is 0 Å². The second-order valence-corrected chi connectivity index (χ2v) is 10.1. The van der Waals surface area contributed by atoms with Gasteiger partial charge in [0.05, 0.1) is 10.8 Å². The molecule has 0 bridgehead atoms. The normalized spacial score (nSPS) is 17.3. The molecule has 1 heterocycles. The minimum absolute atomic E-state index is 0.108. The number of carbonyl (C=O) groups excluding carboxylic acids is 1. The van der Waals surface area contributed by atoms with E-state index in [0.29, 0.717) is 31.0 Å². The van der Waals surface area contributed by atoms with Crippen LogP contribution in [-0.2, 0) is 21.4 Å². The highest BCUT2D eigenvalue weighted by atomic mass is 35.5. The van der Waals surface area contributed by atoms with Crippen LogP contribution < -0.4 is 10.2 Å². The third-order valence-electron chi connectivity index (χ3n) is 5.74. The summed E-state index contributed by atoms with van der Waals surface area (Å²) >= 11 is 5.87. The van der Waals surface area contributed by atoms with E-state index in [0.717, 1.165) is 24.3 Å². The molecule has 0 spiro atoms. The average Bonchev–Trinajstić information content (AvgIpc) is 2.79. The van der Waals surface area contributed by atoms with Crippen LogP contribution in [0.15, 0.2) is 53.4 Å². The Labute approximate surface area is 190 Å². The number of rotatable bonds is 8. The zero-order valence-corrected chi connectivity index (χ0v) is 19.6. The summed E-state index contributed by atoms with van der Waals surface area (Å²) in [5.74, 6) is -0.463. The highest BCUT2D eigenvalue weighted by Crippen LogP contribution is 2.25. The van der Waals surface area contributed by atoms with Gasteiger partial charge in [-0.1, -0.05) is 23.7 Å². The van der Waals surface area contributed by atoms with Crippen molar-refractivity contribution in [3.05, 3.63) is 59.1 Å². The van der Waals surface area contributed by atoms with E-state index in [-0.39, 0.29) is 23.3 Å². The molecule has 0 saturated carbocycles. The highest BCUT2D eigenvalue weighted by Gasteiger charge is 2.33. The van der Waals surface area contributed by atoms with Crippen LogP contribution in [0.4, 0.5) is 5.69 Å². The fraction of sp³-hybridized carbons (Fsp3) is 0.435. The number of sulfonamides is 1. The molecule has 1 aliphatic rings. The molecular weight excluding hydrogens is 434 g/mol. The van der Waals surface area contributed by atoms with Gasteiger partial charge in [0.25, 0.3) is 0 Å². The molecule has 0 aromatic heterocycles. The van der Waals surface area contributed by atoms with Crippen LogP contribution in [0.3, 0.4) is 0 Å². The van der Waals surface area contributed by atoms with Crippen molar-refractivity contribution < 1.29 is 13.2 Å². The lowest BCUT2D eigenvalue weighted by atomic mass is 9.98. The van der Waals surface area contributed by atoms with E-state index in [4.69, 9.17) is 11.6 Å². The van der Waals surface area contributed by atoms with Crippen LogP contribution in [0.5, 0.6) is 0 Å². The van der Waals surface area contributed by atoms with E-state index in [1.165, 1.54) is 16.4 Å². The number of halogens is 1. The second-order valence-electron chi connectivity index (χ2n) is 7.71. The van der Waals surface area contributed by atoms with E-state index in [9.17, 15) is 13.2 Å². The minimum atomic E-state index is -3.64. The van der Waals surface area contributed by atoms with Gasteiger partial charge in [-0.15, -0.1) is 0 Å². The number of piperidine rings is 1. The topological polar surface area (TPSA) is 69.7 Å². The number of benzene rings is 2. The smallest absolute Gasteiger partial charge is 0.243 e. The van der Waals surface area contributed by atoms with E-state index in [2.05, 4.69) is 36.2 Å². The van der Waals surface area contributed by atoms with Gasteiger partial charge in [-0.3, -0.25) is 4.79 Å². The first kappa shape index (κ1) is 23.6. The van der Waals surface area contributed by atoms with Gasteiger partial charge >= 0.3 is 0 Å². The van der Waals surface area contributed by atoms with Gasteiger partial charge in [0.15, 0.2) is 0 Å². The van der Waals surface area contributed by atoms with Crippen molar-refractivity contribution in [2.45, 2.75) is 38.1 Å². The molecule has 168 valence electrons. The molecule has 1 amide bonds. The average molecular weight is 464 g/mol. The first-order chi connectivity index (χ1) is 14.8. The molecule has 1 fully saturated rings. The second kappa shape index (κ2) is 10.5. The summed E-state index contributed by atoms with van der Waals surface area (Å²) in [5.41, 5.74) is 2.18. The molecule has 1 aliphatic heterocycles. The molecule has 1 N–H and O–H groups in total. The fourth-order valence-corrected chi connectivity index (χ4v) is 5.53. The number of carbonyl (C=O) groups is 1. The number of hydrogen-bond donors (Lipinski definition) is 1. The molecule has 0 unspecified atom stereocenters. The Kier molecular flexibility index (Phi) is 7.97. The monoisotopic (exact) mass is 463 g/mol. The molecule has 3 rings (SSSR count). The Morgan fingerprint density at radius 1 is 1.10 bits per heavy atom. The van der Waals surface area contributed by atoms with Gasteiger partial charge in [0.1, 0.15) is 0 Å². The van der Waals surface area contributed by atoms with E-state index in [1.807, 2.05) is 12.1 Å². The van der Waals surface area contributed by atoms with E-state index >= 15 is 0 Å². The lowest BCUT2D eigenvalue weighted by molar-refractivity contribution is -0.126. The molecule has 1 saturated heterocycles. The number of amides is 1. The summed E-state index contributed by atoms with van der Waals surface area (Å²) < 4.78 is 27.3. The molecule has 6 nitrogen and oxygen atoms in total. The molecule has 2 aromatic carbocycles. The SMILES string of the molecule is CCN(CC)c1ccc(CNC(=O)[C@@H]2CCCN(S(=O)(=O)c3ccc(Cl)cc3)C2)cc1. The zero-order valence-electron chi connectivity index (χ0n) is 18.1. The molecule has 0 aliphatic carbocycles. The predicted octanol–water partition coefficient (Wildman–Crippen LogP) is 3.90. The van der Waals surface area contributed by atoms with Gasteiger partial charge in [-0.2, -0.15) is 4.31 Å². The quantitative estimate of drug-likeness (QED) is 0.644. The van der Waals surface area contributed by atoms with Crippen molar-refractivity contribution in [1.82, 2.24) is 9.62 Å². The number of hydrogen-bond acceptors (Lipinski definition) is 4. The predicted molar refractivity (Wildman–Crippen MR) is 125 cm³/mol. The maximum absolute atomic E-state index is 12.9. The zero-order chi connectivity index (χ0) is 22.4. The van der Waals surface area contributed by atoms with Crippen molar-refractivity contribution in [3.8, 4) is 0 Å². The van der Waals surface area contributed by atoms with E-state index < -0.39 is 10.0 Å². The van der Waals surface area contributed by atoms with E-state index in [1.54, 1.807) is 12.1 Å². The minimum Gasteiger partial charge on any atom is -0.372 e. The summed E-state index contributed by atoms with van der Waals surface area (Å²) in [6, 6.07) is 14.3. The molecule has 31 heavy (non-hydrogen) atoms. The Balaban J connectivity index is 1.59. The summed E-state index contributed by atoms with van der Waals surface area (Å²) in [6.45, 7) is 7.18. The Hall–Kier alpha value is -2.09. The van der Waals surface area contributed by atoms with Crippen LogP contribution in [0.2, 0.25) is 5.02 Å². The summed E-state index contributed by atoms with van der Waals surface area (Å²) in [6.07, 6.45) is 1.34. The lowest BCUT2D eigenvalue weighted by Crippen LogP contribution is -2.45. The van der Waals surface area contributed by atoms with Crippen molar-refractivity contribution in [1.29, 1.82) is 0 Å². The lowest BCUT2D eigenvalue weighted by Gasteiger charge is -2.31. The first-order valence-corrected chi connectivity index (χ1v) is 12.5. The molecule has 2 aromatic rings. The van der Waals surface area contributed by atoms with Crippen LogP contribution in [-0.4, -0.2) is 44.8 Å². The van der Waals surface area contributed by atoms with Crippen LogP contribution >= 0.6 is 11.6 Å². The Morgan fingerprint density at radius 2 is 1.74 bits per heavy atom. The van der Waals surface area contributed by atoms with Gasteiger partial charge in [-0.25, -0.2) is 8.42 Å². The van der Waals surface area contributed by atoms with Gasteiger partial charge < -0.3 is 10.2 Å². The van der Waals surface area contributed by atoms with Crippen LogP contribution in [0.25, 0.3) is 0 Å². The van der Waals surface area contributed by atoms with Gasteiger partial charge in [0, 0.05) is 43.4 Å². The molecule has 8 heteroatoms.